The zero-order valence-corrected chi connectivity index (χ0v) is 12.9. The number of hydrogen-bond acceptors (Lipinski definition) is 4. The van der Waals surface area contributed by atoms with E-state index in [0.717, 1.165) is 11.4 Å². The Hall–Kier alpha value is -2.97. The molecule has 1 aromatic carbocycles. The van der Waals surface area contributed by atoms with Gasteiger partial charge in [0.2, 0.25) is 0 Å². The Bertz CT molecular complexity index is 1030. The number of rotatable bonds is 0. The summed E-state index contributed by atoms with van der Waals surface area (Å²) in [6.07, 6.45) is 2.47. The molecule has 0 aliphatic carbocycles. The van der Waals surface area contributed by atoms with Gasteiger partial charge in [0.1, 0.15) is 11.5 Å². The van der Waals surface area contributed by atoms with Crippen molar-refractivity contribution in [2.24, 2.45) is 0 Å². The third-order valence-electron chi connectivity index (χ3n) is 4.13. The number of pyridine rings is 1. The molecule has 4 rings (SSSR count). The molecule has 0 saturated carbocycles. The van der Waals surface area contributed by atoms with Crippen LogP contribution in [0.3, 0.4) is 0 Å². The van der Waals surface area contributed by atoms with E-state index in [4.69, 9.17) is 0 Å². The maximum absolute atomic E-state index is 12.6. The molecule has 5 heteroatoms. The highest BCUT2D eigenvalue weighted by molar-refractivity contribution is 5.79. The molecule has 1 unspecified atom stereocenters. The van der Waals surface area contributed by atoms with Crippen molar-refractivity contribution in [3.8, 4) is 11.8 Å². The lowest BCUT2D eigenvalue weighted by molar-refractivity contribution is 0.128. The summed E-state index contributed by atoms with van der Waals surface area (Å²) in [5.74, 6) is 6.79. The molecule has 0 spiro atoms. The molecular weight excluding hydrogens is 302 g/mol. The number of aryl methyl sites for hydroxylation is 1. The van der Waals surface area contributed by atoms with E-state index in [0.29, 0.717) is 36.0 Å². The highest BCUT2D eigenvalue weighted by Gasteiger charge is 2.19. The van der Waals surface area contributed by atoms with Gasteiger partial charge in [0.15, 0.2) is 0 Å². The Balaban J connectivity index is 1.78. The highest BCUT2D eigenvalue weighted by Crippen LogP contribution is 2.16. The monoisotopic (exact) mass is 317 g/mol. The van der Waals surface area contributed by atoms with Crippen LogP contribution in [0, 0.1) is 11.8 Å². The largest absolute Gasteiger partial charge is 0.391 e. The van der Waals surface area contributed by atoms with Crippen LogP contribution in [-0.2, 0) is 13.0 Å². The van der Waals surface area contributed by atoms with E-state index in [2.05, 4.69) is 21.8 Å². The molecule has 1 aliphatic rings. The van der Waals surface area contributed by atoms with Crippen LogP contribution in [0.4, 0.5) is 0 Å². The van der Waals surface area contributed by atoms with Crippen LogP contribution in [0.15, 0.2) is 47.4 Å². The molecule has 24 heavy (non-hydrogen) atoms. The molecule has 5 nitrogen and oxygen atoms in total. The minimum atomic E-state index is -0.474. The van der Waals surface area contributed by atoms with E-state index in [1.807, 2.05) is 30.3 Å². The minimum Gasteiger partial charge on any atom is -0.391 e. The third-order valence-corrected chi connectivity index (χ3v) is 4.13. The summed E-state index contributed by atoms with van der Waals surface area (Å²) < 4.78 is 1.58. The summed E-state index contributed by atoms with van der Waals surface area (Å²) >= 11 is 0. The predicted molar refractivity (Wildman–Crippen MR) is 90.5 cm³/mol. The summed E-state index contributed by atoms with van der Waals surface area (Å²) in [5, 5.41) is 10.3. The summed E-state index contributed by atoms with van der Waals surface area (Å²) in [6.45, 7) is 0.318. The van der Waals surface area contributed by atoms with Crippen LogP contribution in [-0.4, -0.2) is 25.7 Å². The Morgan fingerprint density at radius 1 is 1.21 bits per heavy atom. The first-order valence-electron chi connectivity index (χ1n) is 7.85. The Labute approximate surface area is 138 Å². The normalized spacial score (nSPS) is 16.3. The van der Waals surface area contributed by atoms with E-state index in [9.17, 15) is 9.90 Å². The molecule has 1 aliphatic heterocycles. The van der Waals surface area contributed by atoms with Gasteiger partial charge >= 0.3 is 0 Å². The molecule has 0 saturated heterocycles. The van der Waals surface area contributed by atoms with Gasteiger partial charge in [0.05, 0.1) is 23.6 Å². The molecular formula is C19H15N3O2. The van der Waals surface area contributed by atoms with Crippen LogP contribution in [0.5, 0.6) is 0 Å². The first-order valence-corrected chi connectivity index (χ1v) is 7.85. The molecule has 2 aromatic heterocycles. The molecule has 118 valence electrons. The van der Waals surface area contributed by atoms with Gasteiger partial charge in [-0.05, 0) is 42.7 Å². The van der Waals surface area contributed by atoms with Crippen LogP contribution >= 0.6 is 0 Å². The predicted octanol–water partition coefficient (Wildman–Crippen LogP) is 1.50. The van der Waals surface area contributed by atoms with E-state index in [1.54, 1.807) is 16.8 Å². The number of hydrogen-bond donors (Lipinski definition) is 1. The first-order chi connectivity index (χ1) is 11.7. The Morgan fingerprint density at radius 3 is 2.96 bits per heavy atom. The maximum atomic E-state index is 12.6. The van der Waals surface area contributed by atoms with Crippen LogP contribution in [0.1, 0.15) is 23.5 Å². The molecule has 0 fully saturated rings. The molecule has 1 N–H and O–H groups in total. The average Bonchev–Trinajstić information content (AvgIpc) is 2.61. The lowest BCUT2D eigenvalue weighted by Crippen LogP contribution is -2.34. The molecule has 3 heterocycles. The summed E-state index contributed by atoms with van der Waals surface area (Å²) in [5.41, 5.74) is 2.04. The van der Waals surface area contributed by atoms with Gasteiger partial charge < -0.3 is 5.11 Å². The van der Waals surface area contributed by atoms with Gasteiger partial charge in [-0.3, -0.25) is 9.36 Å². The summed E-state index contributed by atoms with van der Waals surface area (Å²) in [7, 11) is 0. The minimum absolute atomic E-state index is 0.0991. The van der Waals surface area contributed by atoms with Crippen LogP contribution < -0.4 is 5.56 Å². The number of aliphatic hydroxyl groups is 1. The van der Waals surface area contributed by atoms with Crippen molar-refractivity contribution in [2.75, 3.05) is 0 Å². The van der Waals surface area contributed by atoms with Crippen molar-refractivity contribution in [3.63, 3.8) is 0 Å². The Kier molecular flexibility index (Phi) is 3.60. The van der Waals surface area contributed by atoms with Gasteiger partial charge in [-0.2, -0.15) is 0 Å². The van der Waals surface area contributed by atoms with E-state index in [1.165, 1.54) is 0 Å². The fraction of sp³-hybridized carbons (Fsp3) is 0.211. The van der Waals surface area contributed by atoms with Crippen LogP contribution in [0.2, 0.25) is 0 Å². The topological polar surface area (TPSA) is 68.0 Å². The fourth-order valence-electron chi connectivity index (χ4n) is 2.89. The zero-order chi connectivity index (χ0) is 16.5. The molecule has 0 bridgehead atoms. The average molecular weight is 317 g/mol. The smallest absolute Gasteiger partial charge is 0.261 e. The summed E-state index contributed by atoms with van der Waals surface area (Å²) in [4.78, 5) is 21.3. The molecule has 0 radical (unpaired) electrons. The highest BCUT2D eigenvalue weighted by atomic mass is 16.3. The second kappa shape index (κ2) is 5.91. The molecule has 1 atom stereocenters. The standard InChI is InChI=1S/C19H15N3O2/c23-15-7-9-18-21-17-11-13(4-6-14-3-1-2-10-20-14)5-8-16(17)19(24)22(18)12-15/h1-3,5,8,10-11,15,23H,7,9,12H2. The Morgan fingerprint density at radius 2 is 2.12 bits per heavy atom. The number of nitrogens with zero attached hydrogens (tertiary/aromatic N) is 3. The van der Waals surface area contributed by atoms with Crippen molar-refractivity contribution in [1.29, 1.82) is 0 Å². The second-order valence-electron chi connectivity index (χ2n) is 5.83. The van der Waals surface area contributed by atoms with E-state index < -0.39 is 6.10 Å². The van der Waals surface area contributed by atoms with Gasteiger partial charge in [-0.25, -0.2) is 9.97 Å². The summed E-state index contributed by atoms with van der Waals surface area (Å²) in [6, 6.07) is 11.0. The quantitative estimate of drug-likeness (QED) is 0.638. The number of benzene rings is 1. The van der Waals surface area contributed by atoms with Crippen molar-refractivity contribution in [3.05, 3.63) is 70.0 Å². The molecule has 0 amide bonds. The second-order valence-corrected chi connectivity index (χ2v) is 5.83. The van der Waals surface area contributed by atoms with Gasteiger partial charge in [-0.1, -0.05) is 12.0 Å². The van der Waals surface area contributed by atoms with Crippen molar-refractivity contribution in [2.45, 2.75) is 25.5 Å². The number of aliphatic hydroxyl groups excluding tert-OH is 1. The lowest BCUT2D eigenvalue weighted by Gasteiger charge is -2.22. The third kappa shape index (κ3) is 2.68. The van der Waals surface area contributed by atoms with Crippen LogP contribution in [0.25, 0.3) is 10.9 Å². The van der Waals surface area contributed by atoms with Crippen molar-refractivity contribution in [1.82, 2.24) is 14.5 Å². The maximum Gasteiger partial charge on any atom is 0.261 e. The van der Waals surface area contributed by atoms with Crippen molar-refractivity contribution < 1.29 is 5.11 Å². The number of fused-ring (bicyclic) bond motifs is 2. The number of aromatic nitrogens is 3. The molecule has 3 aromatic rings. The SMILES string of the molecule is O=c1c2ccc(C#Cc3ccccn3)cc2nc2n1CC(O)CC2. The zero-order valence-electron chi connectivity index (χ0n) is 12.9. The van der Waals surface area contributed by atoms with Gasteiger partial charge in [-0.15, -0.1) is 0 Å². The fourth-order valence-corrected chi connectivity index (χ4v) is 2.89. The lowest BCUT2D eigenvalue weighted by atomic mass is 10.1. The van der Waals surface area contributed by atoms with Gasteiger partial charge in [0, 0.05) is 18.2 Å². The van der Waals surface area contributed by atoms with Gasteiger partial charge in [0.25, 0.3) is 5.56 Å². The van der Waals surface area contributed by atoms with Crippen molar-refractivity contribution >= 4 is 10.9 Å². The first kappa shape index (κ1) is 14.6. The van der Waals surface area contributed by atoms with E-state index >= 15 is 0 Å². The van der Waals surface area contributed by atoms with E-state index in [-0.39, 0.29) is 5.56 Å².